The van der Waals surface area contributed by atoms with Crippen LogP contribution in [0.1, 0.15) is 23.6 Å². The molecule has 7 heteroatoms. The van der Waals surface area contributed by atoms with Gasteiger partial charge >= 0.3 is 12.5 Å². The summed E-state index contributed by atoms with van der Waals surface area (Å²) in [5.74, 6) is -0.362. The molecule has 0 saturated heterocycles. The van der Waals surface area contributed by atoms with Crippen molar-refractivity contribution >= 4 is 0 Å². The van der Waals surface area contributed by atoms with Crippen LogP contribution < -0.4 is 4.74 Å². The highest BCUT2D eigenvalue weighted by atomic mass is 19.4. The quantitative estimate of drug-likeness (QED) is 0.611. The minimum absolute atomic E-state index is 0.134. The van der Waals surface area contributed by atoms with Gasteiger partial charge < -0.3 is 9.47 Å². The molecular weight excluding hydrogens is 343 g/mol. The number of hydrogen-bond acceptors (Lipinski definition) is 2. The maximum absolute atomic E-state index is 14.0. The van der Waals surface area contributed by atoms with E-state index in [1.807, 2.05) is 6.92 Å². The van der Waals surface area contributed by atoms with Crippen molar-refractivity contribution < 1.29 is 31.4 Å². The van der Waals surface area contributed by atoms with Crippen LogP contribution in [0.5, 0.6) is 5.75 Å². The van der Waals surface area contributed by atoms with Gasteiger partial charge in [-0.1, -0.05) is 43.3 Å². The summed E-state index contributed by atoms with van der Waals surface area (Å²) in [5.41, 5.74) is 1.27. The lowest BCUT2D eigenvalue weighted by Crippen LogP contribution is -2.20. The third-order valence-corrected chi connectivity index (χ3v) is 3.53. The van der Waals surface area contributed by atoms with E-state index in [-0.39, 0.29) is 24.3 Å². The Balaban J connectivity index is 1.88. The first-order chi connectivity index (χ1) is 11.7. The van der Waals surface area contributed by atoms with Crippen molar-refractivity contribution in [2.75, 3.05) is 6.61 Å². The Hall–Kier alpha value is -2.15. The van der Waals surface area contributed by atoms with Crippen LogP contribution >= 0.6 is 0 Å². The molecule has 0 fully saturated rings. The average molecular weight is 360 g/mol. The standard InChI is InChI=1S/C18H17F5O2/c1-2-13-3-7-15(8-4-13)17(19,20)24-12-11-14-5-9-16(10-6-14)25-18(21,22)23/h3-10H,2,11-12H2,1H3. The lowest BCUT2D eigenvalue weighted by Gasteiger charge is -2.17. The SMILES string of the molecule is CCc1ccc(C(F)(F)OCCc2ccc(OC(F)(F)F)cc2)cc1. The molecule has 0 atom stereocenters. The predicted octanol–water partition coefficient (Wildman–Crippen LogP) is 5.46. The molecule has 0 aliphatic rings. The second-order valence-corrected chi connectivity index (χ2v) is 5.36. The van der Waals surface area contributed by atoms with E-state index >= 15 is 0 Å². The molecule has 2 nitrogen and oxygen atoms in total. The third kappa shape index (κ3) is 6.01. The summed E-state index contributed by atoms with van der Waals surface area (Å²) in [6.07, 6.45) is -7.30. The number of halogens is 5. The second-order valence-electron chi connectivity index (χ2n) is 5.36. The topological polar surface area (TPSA) is 18.5 Å². The first kappa shape index (κ1) is 19.2. The maximum atomic E-state index is 14.0. The molecule has 25 heavy (non-hydrogen) atoms. The summed E-state index contributed by atoms with van der Waals surface area (Å²) in [7, 11) is 0. The fourth-order valence-corrected chi connectivity index (χ4v) is 2.17. The van der Waals surface area contributed by atoms with Gasteiger partial charge in [0.2, 0.25) is 0 Å². The Kier molecular flexibility index (Phi) is 6.00. The summed E-state index contributed by atoms with van der Waals surface area (Å²) < 4.78 is 72.5. The Labute approximate surface area is 142 Å². The molecule has 0 amide bonds. The predicted molar refractivity (Wildman–Crippen MR) is 82.5 cm³/mol. The van der Waals surface area contributed by atoms with Crippen molar-refractivity contribution in [3.63, 3.8) is 0 Å². The molecule has 0 bridgehead atoms. The lowest BCUT2D eigenvalue weighted by atomic mass is 10.1. The summed E-state index contributed by atoms with van der Waals surface area (Å²) in [6.45, 7) is 1.65. The van der Waals surface area contributed by atoms with Crippen molar-refractivity contribution in [2.45, 2.75) is 32.2 Å². The van der Waals surface area contributed by atoms with Crippen LogP contribution in [-0.4, -0.2) is 13.0 Å². The molecular formula is C18H17F5O2. The van der Waals surface area contributed by atoms with E-state index in [1.165, 1.54) is 24.3 Å². The highest BCUT2D eigenvalue weighted by Gasteiger charge is 2.32. The molecule has 2 rings (SSSR count). The molecule has 0 spiro atoms. The summed E-state index contributed by atoms with van der Waals surface area (Å²) in [6, 6.07) is 10.9. The zero-order valence-electron chi connectivity index (χ0n) is 13.4. The first-order valence-corrected chi connectivity index (χ1v) is 7.65. The van der Waals surface area contributed by atoms with Gasteiger partial charge in [0, 0.05) is 0 Å². The zero-order chi connectivity index (χ0) is 18.5. The molecule has 0 aliphatic heterocycles. The van der Waals surface area contributed by atoms with Crippen LogP contribution in [0.25, 0.3) is 0 Å². The van der Waals surface area contributed by atoms with E-state index in [0.717, 1.165) is 24.1 Å². The highest BCUT2D eigenvalue weighted by Crippen LogP contribution is 2.30. The van der Waals surface area contributed by atoms with Crippen LogP contribution in [0.15, 0.2) is 48.5 Å². The van der Waals surface area contributed by atoms with Gasteiger partial charge in [-0.2, -0.15) is 8.78 Å². The summed E-state index contributed by atoms with van der Waals surface area (Å²) >= 11 is 0. The first-order valence-electron chi connectivity index (χ1n) is 7.65. The molecule has 2 aromatic rings. The van der Waals surface area contributed by atoms with Crippen molar-refractivity contribution in [3.05, 3.63) is 65.2 Å². The van der Waals surface area contributed by atoms with Crippen LogP contribution in [0.3, 0.4) is 0 Å². The highest BCUT2D eigenvalue weighted by molar-refractivity contribution is 5.28. The Morgan fingerprint density at radius 3 is 1.88 bits per heavy atom. The Bertz CT molecular complexity index is 663. The molecule has 0 saturated carbocycles. The summed E-state index contributed by atoms with van der Waals surface area (Å²) in [5, 5.41) is 0. The number of aryl methyl sites for hydroxylation is 1. The molecule has 0 heterocycles. The normalized spacial score (nSPS) is 12.2. The largest absolute Gasteiger partial charge is 0.573 e. The van der Waals surface area contributed by atoms with Gasteiger partial charge in [-0.25, -0.2) is 0 Å². The number of benzene rings is 2. The van der Waals surface area contributed by atoms with E-state index in [9.17, 15) is 22.0 Å². The smallest absolute Gasteiger partial charge is 0.406 e. The van der Waals surface area contributed by atoms with E-state index in [4.69, 9.17) is 0 Å². The van der Waals surface area contributed by atoms with Crippen molar-refractivity contribution in [1.82, 2.24) is 0 Å². The Morgan fingerprint density at radius 2 is 1.36 bits per heavy atom. The summed E-state index contributed by atoms with van der Waals surface area (Å²) in [4.78, 5) is 0. The number of hydrogen-bond donors (Lipinski definition) is 0. The minimum Gasteiger partial charge on any atom is -0.406 e. The van der Waals surface area contributed by atoms with Crippen LogP contribution in [-0.2, 0) is 23.7 Å². The van der Waals surface area contributed by atoms with Gasteiger partial charge in [0.1, 0.15) is 5.75 Å². The van der Waals surface area contributed by atoms with Gasteiger partial charge in [-0.3, -0.25) is 0 Å². The van der Waals surface area contributed by atoms with Gasteiger partial charge in [-0.05, 0) is 36.1 Å². The molecule has 2 aromatic carbocycles. The molecule has 0 aromatic heterocycles. The van der Waals surface area contributed by atoms with E-state index in [1.54, 1.807) is 12.1 Å². The molecule has 0 N–H and O–H groups in total. The average Bonchev–Trinajstić information content (AvgIpc) is 2.55. The van der Waals surface area contributed by atoms with E-state index in [0.29, 0.717) is 5.56 Å². The van der Waals surface area contributed by atoms with Crippen molar-refractivity contribution in [1.29, 1.82) is 0 Å². The fraction of sp³-hybridized carbons (Fsp3) is 0.333. The molecule has 0 radical (unpaired) electrons. The molecule has 0 unspecified atom stereocenters. The Morgan fingerprint density at radius 1 is 0.800 bits per heavy atom. The fourth-order valence-electron chi connectivity index (χ4n) is 2.17. The van der Waals surface area contributed by atoms with Crippen molar-refractivity contribution in [3.8, 4) is 5.75 Å². The van der Waals surface area contributed by atoms with Gasteiger partial charge in [-0.15, -0.1) is 13.2 Å². The monoisotopic (exact) mass is 360 g/mol. The van der Waals surface area contributed by atoms with E-state index < -0.39 is 12.5 Å². The maximum Gasteiger partial charge on any atom is 0.573 e. The number of rotatable bonds is 7. The van der Waals surface area contributed by atoms with Crippen LogP contribution in [0, 0.1) is 0 Å². The molecule has 0 aliphatic carbocycles. The lowest BCUT2D eigenvalue weighted by molar-refractivity contribution is -0.274. The zero-order valence-corrected chi connectivity index (χ0v) is 13.4. The van der Waals surface area contributed by atoms with Gasteiger partial charge in [0.15, 0.2) is 0 Å². The van der Waals surface area contributed by atoms with Gasteiger partial charge in [0.05, 0.1) is 12.2 Å². The second kappa shape index (κ2) is 7.82. The van der Waals surface area contributed by atoms with Crippen LogP contribution in [0.2, 0.25) is 0 Å². The number of ether oxygens (including phenoxy) is 2. The third-order valence-electron chi connectivity index (χ3n) is 3.53. The van der Waals surface area contributed by atoms with E-state index in [2.05, 4.69) is 9.47 Å². The van der Waals surface area contributed by atoms with Crippen LogP contribution in [0.4, 0.5) is 22.0 Å². The minimum atomic E-state index is -4.76. The molecule has 136 valence electrons. The van der Waals surface area contributed by atoms with Crippen molar-refractivity contribution in [2.24, 2.45) is 0 Å². The number of alkyl halides is 5. The van der Waals surface area contributed by atoms with Gasteiger partial charge in [0.25, 0.3) is 0 Å².